The number of hydrogen-bond donors (Lipinski definition) is 3. The van der Waals surface area contributed by atoms with E-state index in [1.165, 1.54) is 12.1 Å². The number of aliphatic hydroxyl groups is 1. The number of halogens is 1. The summed E-state index contributed by atoms with van der Waals surface area (Å²) in [5.41, 5.74) is 9.89. The molecule has 5 rings (SSSR count). The number of carbonyl (C=O) groups excluding carboxylic acids is 2. The van der Waals surface area contributed by atoms with Gasteiger partial charge in [-0.1, -0.05) is 6.07 Å². The van der Waals surface area contributed by atoms with Crippen LogP contribution in [0.15, 0.2) is 36.4 Å². The highest BCUT2D eigenvalue weighted by atomic mass is 19.1. The summed E-state index contributed by atoms with van der Waals surface area (Å²) in [6.07, 6.45) is 4.69. The van der Waals surface area contributed by atoms with Crippen molar-refractivity contribution < 1.29 is 19.1 Å². The monoisotopic (exact) mass is 435 g/mol. The van der Waals surface area contributed by atoms with Gasteiger partial charge in [0.15, 0.2) is 0 Å². The van der Waals surface area contributed by atoms with Crippen molar-refractivity contribution in [3.05, 3.63) is 53.5 Å². The summed E-state index contributed by atoms with van der Waals surface area (Å²) in [5.74, 6) is -0.925. The van der Waals surface area contributed by atoms with Gasteiger partial charge in [0, 0.05) is 34.8 Å². The molecule has 0 saturated heterocycles. The normalized spacial score (nSPS) is 20.9. The summed E-state index contributed by atoms with van der Waals surface area (Å²) in [6, 6.07) is 10.1. The first-order valence-corrected chi connectivity index (χ1v) is 11.2. The number of anilines is 1. The Morgan fingerprint density at radius 2 is 1.88 bits per heavy atom. The van der Waals surface area contributed by atoms with Crippen molar-refractivity contribution in [3.8, 4) is 11.1 Å². The van der Waals surface area contributed by atoms with Crippen LogP contribution in [0.5, 0.6) is 0 Å². The zero-order chi connectivity index (χ0) is 22.4. The summed E-state index contributed by atoms with van der Waals surface area (Å²) in [5, 5.41) is 14.1. The molecule has 1 aliphatic heterocycles. The Morgan fingerprint density at radius 3 is 2.62 bits per heavy atom. The highest BCUT2D eigenvalue weighted by Gasteiger charge is 2.27. The van der Waals surface area contributed by atoms with Crippen molar-refractivity contribution in [2.24, 2.45) is 5.73 Å². The lowest BCUT2D eigenvalue weighted by Crippen LogP contribution is -2.29. The Labute approximate surface area is 185 Å². The van der Waals surface area contributed by atoms with E-state index in [1.54, 1.807) is 16.7 Å². The number of primary amides is 1. The molecule has 0 unspecified atom stereocenters. The van der Waals surface area contributed by atoms with E-state index in [2.05, 4.69) is 5.32 Å². The Hall–Kier alpha value is -3.19. The number of hydrogen-bond acceptors (Lipinski definition) is 4. The van der Waals surface area contributed by atoms with E-state index in [-0.39, 0.29) is 23.9 Å². The van der Waals surface area contributed by atoms with Gasteiger partial charge in [-0.05, 0) is 74.4 Å². The van der Waals surface area contributed by atoms with Crippen molar-refractivity contribution in [2.45, 2.75) is 57.1 Å². The Bertz CT molecular complexity index is 1220. The van der Waals surface area contributed by atoms with E-state index in [4.69, 9.17) is 5.73 Å². The summed E-state index contributed by atoms with van der Waals surface area (Å²) in [4.78, 5) is 24.8. The zero-order valence-electron chi connectivity index (χ0n) is 17.7. The number of aromatic nitrogens is 1. The highest BCUT2D eigenvalue weighted by Crippen LogP contribution is 2.40. The molecule has 2 aliphatic rings. The van der Waals surface area contributed by atoms with Crippen molar-refractivity contribution >= 4 is 28.4 Å². The molecule has 32 heavy (non-hydrogen) atoms. The van der Waals surface area contributed by atoms with Crippen LogP contribution in [-0.2, 0) is 6.42 Å². The van der Waals surface area contributed by atoms with E-state index in [0.717, 1.165) is 47.9 Å². The molecule has 1 saturated carbocycles. The van der Waals surface area contributed by atoms with Gasteiger partial charge in [-0.2, -0.15) is 0 Å². The Kier molecular flexibility index (Phi) is 5.21. The number of nitrogens with one attached hydrogen (secondary N) is 1. The predicted molar refractivity (Wildman–Crippen MR) is 121 cm³/mol. The van der Waals surface area contributed by atoms with Gasteiger partial charge in [-0.15, -0.1) is 0 Å². The average Bonchev–Trinajstić information content (AvgIpc) is 3.09. The molecule has 1 aromatic heterocycles. The topological polar surface area (TPSA) is 97.4 Å². The molecule has 0 atom stereocenters. The summed E-state index contributed by atoms with van der Waals surface area (Å²) in [6.45, 7) is 0. The lowest BCUT2D eigenvalue weighted by atomic mass is 9.92. The molecular formula is C25H26FN3O3. The minimum atomic E-state index is -0.518. The molecule has 3 aromatic rings. The standard InChI is InChI=1S/C25H26FN3O3/c26-15-5-11-19-22(13-15)29-21(2-1-3-23(29)31)24(19)14-4-10-18(25(27)32)20(12-14)28-16-6-8-17(30)9-7-16/h4-5,10-13,16-17,28,30H,1-3,6-9H2,(H2,27,32)/t16-,17-. The maximum atomic E-state index is 14.0. The predicted octanol–water partition coefficient (Wildman–Crippen LogP) is 4.24. The lowest BCUT2D eigenvalue weighted by molar-refractivity contribution is 0.0889. The van der Waals surface area contributed by atoms with Crippen molar-refractivity contribution in [2.75, 3.05) is 5.32 Å². The first-order valence-electron chi connectivity index (χ1n) is 11.2. The molecule has 1 amide bonds. The van der Waals surface area contributed by atoms with Crippen LogP contribution >= 0.6 is 0 Å². The smallest absolute Gasteiger partial charge is 0.250 e. The van der Waals surface area contributed by atoms with Gasteiger partial charge in [-0.3, -0.25) is 14.2 Å². The van der Waals surface area contributed by atoms with Crippen LogP contribution in [0.25, 0.3) is 22.0 Å². The molecule has 0 bridgehead atoms. The molecule has 166 valence electrons. The largest absolute Gasteiger partial charge is 0.393 e. The van der Waals surface area contributed by atoms with Gasteiger partial charge in [-0.25, -0.2) is 4.39 Å². The van der Waals surface area contributed by atoms with Crippen LogP contribution in [0.3, 0.4) is 0 Å². The number of nitrogens with zero attached hydrogens (tertiary/aromatic N) is 1. The minimum absolute atomic E-state index is 0.0269. The van der Waals surface area contributed by atoms with Crippen LogP contribution in [0.2, 0.25) is 0 Å². The summed E-state index contributed by atoms with van der Waals surface area (Å²) < 4.78 is 15.7. The molecule has 2 heterocycles. The van der Waals surface area contributed by atoms with E-state index < -0.39 is 5.91 Å². The quantitative estimate of drug-likeness (QED) is 0.571. The zero-order valence-corrected chi connectivity index (χ0v) is 17.7. The molecular weight excluding hydrogens is 409 g/mol. The molecule has 2 aromatic carbocycles. The molecule has 1 fully saturated rings. The molecule has 0 spiro atoms. The second-order valence-corrected chi connectivity index (χ2v) is 8.84. The van der Waals surface area contributed by atoms with Gasteiger partial charge in [0.05, 0.1) is 17.2 Å². The van der Waals surface area contributed by atoms with Gasteiger partial charge in [0.2, 0.25) is 5.91 Å². The fourth-order valence-corrected chi connectivity index (χ4v) is 5.15. The summed E-state index contributed by atoms with van der Waals surface area (Å²) >= 11 is 0. The second kappa shape index (κ2) is 8.06. The van der Waals surface area contributed by atoms with E-state index in [9.17, 15) is 19.1 Å². The van der Waals surface area contributed by atoms with Crippen LogP contribution in [0, 0.1) is 5.82 Å². The van der Waals surface area contributed by atoms with E-state index in [1.807, 2.05) is 12.1 Å². The first kappa shape index (κ1) is 20.7. The highest BCUT2D eigenvalue weighted by molar-refractivity contribution is 6.06. The Morgan fingerprint density at radius 1 is 1.09 bits per heavy atom. The van der Waals surface area contributed by atoms with Crippen LogP contribution in [0.1, 0.15) is 59.4 Å². The number of benzene rings is 2. The van der Waals surface area contributed by atoms with E-state index >= 15 is 0 Å². The number of amides is 1. The van der Waals surface area contributed by atoms with E-state index in [0.29, 0.717) is 36.0 Å². The molecule has 0 radical (unpaired) electrons. The SMILES string of the molecule is NC(=O)c1ccc(-c2c3n(c4cc(F)ccc24)C(=O)CCC3)cc1N[C@H]1CC[C@H](O)CC1. The number of aliphatic hydroxyl groups excluding tert-OH is 1. The number of nitrogens with two attached hydrogens (primary N) is 1. The molecule has 1 aliphatic carbocycles. The molecule has 6 nitrogen and oxygen atoms in total. The Balaban J connectivity index is 1.64. The second-order valence-electron chi connectivity index (χ2n) is 8.84. The van der Waals surface area contributed by atoms with Gasteiger partial charge in [0.1, 0.15) is 5.82 Å². The van der Waals surface area contributed by atoms with Crippen LogP contribution in [0.4, 0.5) is 10.1 Å². The third kappa shape index (κ3) is 3.56. The third-order valence-corrected chi connectivity index (χ3v) is 6.71. The van der Waals surface area contributed by atoms with Gasteiger partial charge in [0.25, 0.3) is 5.91 Å². The van der Waals surface area contributed by atoms with Gasteiger partial charge >= 0.3 is 0 Å². The molecule has 4 N–H and O–H groups in total. The number of rotatable bonds is 4. The fourth-order valence-electron chi connectivity index (χ4n) is 5.15. The molecule has 7 heteroatoms. The summed E-state index contributed by atoms with van der Waals surface area (Å²) in [7, 11) is 0. The number of fused-ring (bicyclic) bond motifs is 3. The number of carbonyl (C=O) groups is 2. The first-order chi connectivity index (χ1) is 15.4. The maximum Gasteiger partial charge on any atom is 0.250 e. The van der Waals surface area contributed by atoms with Crippen LogP contribution in [-0.4, -0.2) is 33.6 Å². The maximum absolute atomic E-state index is 14.0. The fraction of sp³-hybridized carbons (Fsp3) is 0.360. The van der Waals surface area contributed by atoms with Crippen molar-refractivity contribution in [1.82, 2.24) is 4.57 Å². The third-order valence-electron chi connectivity index (χ3n) is 6.71. The lowest BCUT2D eigenvalue weighted by Gasteiger charge is -2.28. The van der Waals surface area contributed by atoms with Crippen molar-refractivity contribution in [3.63, 3.8) is 0 Å². The average molecular weight is 435 g/mol. The van der Waals surface area contributed by atoms with Crippen LogP contribution < -0.4 is 11.1 Å². The minimum Gasteiger partial charge on any atom is -0.393 e. The van der Waals surface area contributed by atoms with Crippen molar-refractivity contribution in [1.29, 1.82) is 0 Å². The van der Waals surface area contributed by atoms with Gasteiger partial charge < -0.3 is 16.2 Å².